The van der Waals surface area contributed by atoms with E-state index in [0.717, 1.165) is 12.1 Å². The molecule has 0 aliphatic heterocycles. The van der Waals surface area contributed by atoms with E-state index in [9.17, 15) is 23.5 Å². The molecule has 6 heteroatoms. The van der Waals surface area contributed by atoms with Crippen molar-refractivity contribution in [2.24, 2.45) is 0 Å². The molecular formula is C18H14F3NO2. The summed E-state index contributed by atoms with van der Waals surface area (Å²) in [4.78, 5) is 0. The minimum atomic E-state index is -4.63. The van der Waals surface area contributed by atoms with Crippen molar-refractivity contribution in [2.45, 2.75) is 13.1 Å². The van der Waals surface area contributed by atoms with E-state index >= 15 is 0 Å². The van der Waals surface area contributed by atoms with Gasteiger partial charge in [0.2, 0.25) is 0 Å². The summed E-state index contributed by atoms with van der Waals surface area (Å²) >= 11 is 0. The van der Waals surface area contributed by atoms with Crippen molar-refractivity contribution >= 4 is 11.3 Å². The maximum Gasteiger partial charge on any atom is 0.417 e. The maximum atomic E-state index is 13.1. The molecule has 0 radical (unpaired) electrons. The van der Waals surface area contributed by atoms with Gasteiger partial charge in [0.15, 0.2) is 0 Å². The molecule has 0 fully saturated rings. The Labute approximate surface area is 137 Å². The molecule has 1 N–H and O–H groups in total. The van der Waals surface area contributed by atoms with Crippen LogP contribution in [0.5, 0.6) is 5.75 Å². The summed E-state index contributed by atoms with van der Waals surface area (Å²) in [5.74, 6) is -0.150. The van der Waals surface area contributed by atoms with Crippen LogP contribution in [-0.2, 0) is 6.18 Å². The van der Waals surface area contributed by atoms with Crippen LogP contribution >= 0.6 is 0 Å². The number of nitriles is 1. The first-order chi connectivity index (χ1) is 11.4. The van der Waals surface area contributed by atoms with Crippen LogP contribution in [0.15, 0.2) is 48.5 Å². The maximum absolute atomic E-state index is 13.1. The van der Waals surface area contributed by atoms with E-state index in [1.165, 1.54) is 24.3 Å². The van der Waals surface area contributed by atoms with Gasteiger partial charge in [0, 0.05) is 5.56 Å². The smallest absolute Gasteiger partial charge is 0.417 e. The molecule has 0 aliphatic rings. The second kappa shape index (κ2) is 7.09. The highest BCUT2D eigenvalue weighted by atomic mass is 19.4. The van der Waals surface area contributed by atoms with Gasteiger partial charge in [-0.1, -0.05) is 18.2 Å². The second-order valence-electron chi connectivity index (χ2n) is 4.84. The third kappa shape index (κ3) is 3.69. The summed E-state index contributed by atoms with van der Waals surface area (Å²) < 4.78 is 44.5. The molecule has 2 aromatic carbocycles. The molecule has 0 atom stereocenters. The van der Waals surface area contributed by atoms with Crippen LogP contribution in [0.25, 0.3) is 11.3 Å². The molecule has 0 bridgehead atoms. The SMILES string of the molecule is CCOc1ccc(C(C#N)=C(O)c2ccccc2C(F)(F)F)cc1. The van der Waals surface area contributed by atoms with Crippen molar-refractivity contribution in [1.29, 1.82) is 5.26 Å². The van der Waals surface area contributed by atoms with Crippen molar-refractivity contribution < 1.29 is 23.0 Å². The lowest BCUT2D eigenvalue weighted by atomic mass is 9.98. The summed E-state index contributed by atoms with van der Waals surface area (Å²) in [6.07, 6.45) is -4.63. The van der Waals surface area contributed by atoms with Gasteiger partial charge < -0.3 is 9.84 Å². The van der Waals surface area contributed by atoms with Crippen molar-refractivity contribution in [3.8, 4) is 11.8 Å². The lowest BCUT2D eigenvalue weighted by Gasteiger charge is -2.13. The van der Waals surface area contributed by atoms with Gasteiger partial charge in [-0.15, -0.1) is 0 Å². The number of rotatable bonds is 4. The zero-order valence-corrected chi connectivity index (χ0v) is 12.8. The largest absolute Gasteiger partial charge is 0.506 e. The standard InChI is InChI=1S/C18H14F3NO2/c1-2-24-13-9-7-12(8-10-13)15(11-22)17(23)14-5-3-4-6-16(14)18(19,20)21/h3-10,23H,2H2,1H3. The lowest BCUT2D eigenvalue weighted by Crippen LogP contribution is -2.09. The van der Waals surface area contributed by atoms with Crippen LogP contribution < -0.4 is 4.74 Å². The fourth-order valence-corrected chi connectivity index (χ4v) is 2.21. The quantitative estimate of drug-likeness (QED) is 0.484. The normalized spacial score (nSPS) is 12.3. The Morgan fingerprint density at radius 1 is 1.12 bits per heavy atom. The summed E-state index contributed by atoms with van der Waals surface area (Å²) in [5, 5.41) is 19.6. The van der Waals surface area contributed by atoms with Gasteiger partial charge in [-0.2, -0.15) is 18.4 Å². The number of aliphatic hydroxyl groups excluding tert-OH is 1. The highest BCUT2D eigenvalue weighted by Gasteiger charge is 2.34. The molecule has 124 valence electrons. The summed E-state index contributed by atoms with van der Waals surface area (Å²) in [5.41, 5.74) is -1.37. The molecule has 24 heavy (non-hydrogen) atoms. The first-order valence-electron chi connectivity index (χ1n) is 7.11. The highest BCUT2D eigenvalue weighted by molar-refractivity contribution is 5.94. The van der Waals surface area contributed by atoms with E-state index in [1.54, 1.807) is 18.2 Å². The Balaban J connectivity index is 2.54. The Morgan fingerprint density at radius 2 is 1.75 bits per heavy atom. The van der Waals surface area contributed by atoms with Crippen molar-refractivity contribution in [2.75, 3.05) is 6.61 Å². The van der Waals surface area contributed by atoms with Crippen LogP contribution in [0.1, 0.15) is 23.6 Å². The van der Waals surface area contributed by atoms with Crippen molar-refractivity contribution in [1.82, 2.24) is 0 Å². The fourth-order valence-electron chi connectivity index (χ4n) is 2.21. The number of benzene rings is 2. The van der Waals surface area contributed by atoms with Crippen LogP contribution in [0.2, 0.25) is 0 Å². The van der Waals surface area contributed by atoms with E-state index in [4.69, 9.17) is 4.74 Å². The van der Waals surface area contributed by atoms with Crippen molar-refractivity contribution in [3.05, 3.63) is 65.2 Å². The van der Waals surface area contributed by atoms with Gasteiger partial charge >= 0.3 is 6.18 Å². The molecule has 0 unspecified atom stereocenters. The minimum absolute atomic E-state index is 0.241. The number of alkyl halides is 3. The topological polar surface area (TPSA) is 53.2 Å². The molecule has 2 rings (SSSR count). The van der Waals surface area contributed by atoms with Gasteiger partial charge in [0.05, 0.1) is 12.2 Å². The van der Waals surface area contributed by atoms with E-state index in [0.29, 0.717) is 17.9 Å². The first kappa shape index (κ1) is 17.4. The third-order valence-corrected chi connectivity index (χ3v) is 3.29. The number of aliphatic hydroxyl groups is 1. The zero-order chi connectivity index (χ0) is 17.7. The molecule has 0 heterocycles. The van der Waals surface area contributed by atoms with E-state index < -0.39 is 23.1 Å². The molecule has 0 saturated carbocycles. The highest BCUT2D eigenvalue weighted by Crippen LogP contribution is 2.36. The van der Waals surface area contributed by atoms with Crippen LogP contribution in [0, 0.1) is 11.3 Å². The van der Waals surface area contributed by atoms with Crippen molar-refractivity contribution in [3.63, 3.8) is 0 Å². The van der Waals surface area contributed by atoms with Gasteiger partial charge in [-0.05, 0) is 42.8 Å². The average Bonchev–Trinajstić information content (AvgIpc) is 2.56. The zero-order valence-electron chi connectivity index (χ0n) is 12.8. The number of hydrogen-bond acceptors (Lipinski definition) is 3. The first-order valence-corrected chi connectivity index (χ1v) is 7.11. The Bertz CT molecular complexity index is 787. The minimum Gasteiger partial charge on any atom is -0.506 e. The monoisotopic (exact) mass is 333 g/mol. The predicted octanol–water partition coefficient (Wildman–Crippen LogP) is 5.05. The molecule has 3 nitrogen and oxygen atoms in total. The van der Waals surface area contributed by atoms with Gasteiger partial charge in [-0.3, -0.25) is 0 Å². The van der Waals surface area contributed by atoms with E-state index in [-0.39, 0.29) is 5.57 Å². The molecule has 0 aromatic heterocycles. The van der Waals surface area contributed by atoms with E-state index in [1.807, 2.05) is 6.92 Å². The number of ether oxygens (including phenoxy) is 1. The Kier molecular flexibility index (Phi) is 5.14. The summed E-state index contributed by atoms with van der Waals surface area (Å²) in [6, 6.07) is 12.5. The van der Waals surface area contributed by atoms with Crippen LogP contribution in [0.4, 0.5) is 13.2 Å². The Hall–Kier alpha value is -2.94. The van der Waals surface area contributed by atoms with Crippen LogP contribution in [0.3, 0.4) is 0 Å². The lowest BCUT2D eigenvalue weighted by molar-refractivity contribution is -0.137. The summed E-state index contributed by atoms with van der Waals surface area (Å²) in [6.45, 7) is 2.28. The van der Waals surface area contributed by atoms with Gasteiger partial charge in [0.25, 0.3) is 0 Å². The molecule has 0 spiro atoms. The third-order valence-electron chi connectivity index (χ3n) is 3.29. The predicted molar refractivity (Wildman–Crippen MR) is 84.1 cm³/mol. The second-order valence-corrected chi connectivity index (χ2v) is 4.84. The van der Waals surface area contributed by atoms with E-state index in [2.05, 4.69) is 0 Å². The van der Waals surface area contributed by atoms with Gasteiger partial charge in [0.1, 0.15) is 23.2 Å². The molecule has 2 aromatic rings. The average molecular weight is 333 g/mol. The van der Waals surface area contributed by atoms with Crippen LogP contribution in [-0.4, -0.2) is 11.7 Å². The fraction of sp³-hybridized carbons (Fsp3) is 0.167. The number of allylic oxidation sites excluding steroid dienone is 1. The Morgan fingerprint density at radius 3 is 2.29 bits per heavy atom. The summed E-state index contributed by atoms with van der Waals surface area (Å²) in [7, 11) is 0. The molecule has 0 aliphatic carbocycles. The number of halogens is 3. The number of hydrogen-bond donors (Lipinski definition) is 1. The molecular weight excluding hydrogens is 319 g/mol. The molecule has 0 saturated heterocycles. The number of nitrogens with zero attached hydrogens (tertiary/aromatic N) is 1. The molecule has 0 amide bonds. The van der Waals surface area contributed by atoms with Gasteiger partial charge in [-0.25, -0.2) is 0 Å².